The van der Waals surface area contributed by atoms with Crippen molar-refractivity contribution in [3.05, 3.63) is 35.9 Å². The molecular weight excluding hydrogens is 328 g/mol. The number of carbonyl (C=O) groups is 2. The van der Waals surface area contributed by atoms with Crippen LogP contribution in [0.4, 0.5) is 4.79 Å². The van der Waals surface area contributed by atoms with Crippen molar-refractivity contribution in [3.8, 4) is 0 Å². The molecule has 0 spiro atoms. The number of nitrogens with two attached hydrogens (primary N) is 1. The fourth-order valence-corrected chi connectivity index (χ4v) is 3.05. The Morgan fingerprint density at radius 3 is 2.46 bits per heavy atom. The Hall–Kier alpha value is -1.73. The molecule has 0 saturated carbocycles. The van der Waals surface area contributed by atoms with Crippen LogP contribution >= 0.6 is 11.8 Å². The van der Waals surface area contributed by atoms with Crippen LogP contribution in [-0.2, 0) is 16.0 Å². The van der Waals surface area contributed by atoms with Gasteiger partial charge in [0.25, 0.3) is 5.91 Å². The van der Waals surface area contributed by atoms with E-state index in [2.05, 4.69) is 0 Å². The normalized spacial score (nSPS) is 17.0. The Labute approximate surface area is 147 Å². The predicted molar refractivity (Wildman–Crippen MR) is 95.6 cm³/mol. The van der Waals surface area contributed by atoms with E-state index in [1.807, 2.05) is 30.3 Å². The third-order valence-electron chi connectivity index (χ3n) is 3.01. The SMILES string of the molecule is CC(C)(C)OC(=O)N1CCSC1C(N)=O.OCCc1ccccc1. The quantitative estimate of drug-likeness (QED) is 0.866. The van der Waals surface area contributed by atoms with Gasteiger partial charge >= 0.3 is 6.09 Å². The molecule has 2 rings (SSSR count). The number of nitrogens with zero attached hydrogens (tertiary/aromatic N) is 1. The van der Waals surface area contributed by atoms with Crippen LogP contribution in [0, 0.1) is 0 Å². The number of ether oxygens (including phenoxy) is 1. The van der Waals surface area contributed by atoms with Gasteiger partial charge in [0, 0.05) is 18.9 Å². The molecule has 1 saturated heterocycles. The first kappa shape index (κ1) is 20.3. The fraction of sp³-hybridized carbons (Fsp3) is 0.529. The van der Waals surface area contributed by atoms with Crippen molar-refractivity contribution in [2.75, 3.05) is 18.9 Å². The van der Waals surface area contributed by atoms with Crippen molar-refractivity contribution in [1.82, 2.24) is 4.90 Å². The molecule has 134 valence electrons. The third-order valence-corrected chi connectivity index (χ3v) is 4.23. The minimum absolute atomic E-state index is 0.240. The number of aliphatic hydroxyl groups excluding tert-OH is 1. The largest absolute Gasteiger partial charge is 0.444 e. The van der Waals surface area contributed by atoms with Crippen LogP contribution < -0.4 is 5.73 Å². The number of amides is 2. The molecule has 2 amide bonds. The van der Waals surface area contributed by atoms with Gasteiger partial charge < -0.3 is 15.6 Å². The van der Waals surface area contributed by atoms with Gasteiger partial charge in [-0.3, -0.25) is 9.69 Å². The fourth-order valence-electron chi connectivity index (χ4n) is 1.99. The maximum atomic E-state index is 11.7. The Kier molecular flexibility index (Phi) is 8.07. The molecule has 7 heteroatoms. The lowest BCUT2D eigenvalue weighted by Gasteiger charge is -2.26. The van der Waals surface area contributed by atoms with Gasteiger partial charge in [-0.25, -0.2) is 4.79 Å². The topological polar surface area (TPSA) is 92.9 Å². The van der Waals surface area contributed by atoms with Crippen molar-refractivity contribution < 1.29 is 19.4 Å². The maximum Gasteiger partial charge on any atom is 0.411 e. The average Bonchev–Trinajstić information content (AvgIpc) is 2.97. The minimum atomic E-state index is -0.583. The van der Waals surface area contributed by atoms with Gasteiger partial charge in [0.05, 0.1) is 0 Å². The molecular formula is C17H26N2O4S. The van der Waals surface area contributed by atoms with Crippen molar-refractivity contribution in [2.45, 2.75) is 38.2 Å². The summed E-state index contributed by atoms with van der Waals surface area (Å²) in [5, 5.41) is 7.94. The van der Waals surface area contributed by atoms with Gasteiger partial charge in [-0.15, -0.1) is 11.8 Å². The summed E-state index contributed by atoms with van der Waals surface area (Å²) < 4.78 is 5.17. The number of aliphatic hydroxyl groups is 1. The van der Waals surface area contributed by atoms with Gasteiger partial charge in [-0.05, 0) is 32.8 Å². The van der Waals surface area contributed by atoms with E-state index in [0.717, 1.165) is 6.42 Å². The van der Waals surface area contributed by atoms with Crippen LogP contribution in [0.3, 0.4) is 0 Å². The summed E-state index contributed by atoms with van der Waals surface area (Å²) in [7, 11) is 0. The molecule has 1 atom stereocenters. The monoisotopic (exact) mass is 354 g/mol. The number of hydrogen-bond donors (Lipinski definition) is 2. The van der Waals surface area contributed by atoms with Gasteiger partial charge in [0.1, 0.15) is 5.60 Å². The molecule has 24 heavy (non-hydrogen) atoms. The summed E-state index contributed by atoms with van der Waals surface area (Å²) in [6.07, 6.45) is 0.289. The molecule has 1 aromatic carbocycles. The highest BCUT2D eigenvalue weighted by atomic mass is 32.2. The second-order valence-corrected chi connectivity index (χ2v) is 7.45. The molecule has 1 unspecified atom stereocenters. The molecule has 0 radical (unpaired) electrons. The number of carbonyl (C=O) groups excluding carboxylic acids is 2. The average molecular weight is 354 g/mol. The van der Waals surface area contributed by atoms with Crippen molar-refractivity contribution in [3.63, 3.8) is 0 Å². The smallest absolute Gasteiger partial charge is 0.411 e. The highest BCUT2D eigenvalue weighted by Gasteiger charge is 2.35. The Bertz CT molecular complexity index is 531. The number of benzene rings is 1. The summed E-state index contributed by atoms with van der Waals surface area (Å²) in [5.74, 6) is 0.218. The first-order valence-corrected chi connectivity index (χ1v) is 8.85. The van der Waals surface area contributed by atoms with Gasteiger partial charge in [0.2, 0.25) is 0 Å². The molecule has 6 nitrogen and oxygen atoms in total. The van der Waals surface area contributed by atoms with E-state index in [1.165, 1.54) is 22.2 Å². The second-order valence-electron chi connectivity index (χ2n) is 6.26. The summed E-state index contributed by atoms with van der Waals surface area (Å²) in [6.45, 7) is 6.10. The molecule has 1 heterocycles. The maximum absolute atomic E-state index is 11.7. The number of primary amides is 1. The summed E-state index contributed by atoms with van der Waals surface area (Å²) >= 11 is 1.36. The van der Waals surface area contributed by atoms with Crippen LogP contribution in [0.15, 0.2) is 30.3 Å². The highest BCUT2D eigenvalue weighted by Crippen LogP contribution is 2.25. The van der Waals surface area contributed by atoms with Crippen molar-refractivity contribution >= 4 is 23.8 Å². The first-order chi connectivity index (χ1) is 11.2. The molecule has 1 aromatic rings. The zero-order valence-corrected chi connectivity index (χ0v) is 15.2. The molecule has 3 N–H and O–H groups in total. The molecule has 0 aliphatic carbocycles. The van der Waals surface area contributed by atoms with E-state index >= 15 is 0 Å². The van der Waals surface area contributed by atoms with Crippen LogP contribution in [0.25, 0.3) is 0 Å². The van der Waals surface area contributed by atoms with Crippen LogP contribution in [-0.4, -0.2) is 51.9 Å². The Morgan fingerprint density at radius 1 is 1.33 bits per heavy atom. The molecule has 0 aromatic heterocycles. The lowest BCUT2D eigenvalue weighted by atomic mass is 10.2. The van der Waals surface area contributed by atoms with Crippen LogP contribution in [0.2, 0.25) is 0 Å². The first-order valence-electron chi connectivity index (χ1n) is 7.80. The van der Waals surface area contributed by atoms with E-state index < -0.39 is 23.0 Å². The predicted octanol–water partition coefficient (Wildman–Crippen LogP) is 2.00. The summed E-state index contributed by atoms with van der Waals surface area (Å²) in [6, 6.07) is 9.95. The molecule has 1 aliphatic heterocycles. The van der Waals surface area contributed by atoms with E-state index in [1.54, 1.807) is 20.8 Å². The highest BCUT2D eigenvalue weighted by molar-refractivity contribution is 8.00. The molecule has 0 bridgehead atoms. The van der Waals surface area contributed by atoms with Gasteiger partial charge in [-0.1, -0.05) is 30.3 Å². The summed E-state index contributed by atoms with van der Waals surface area (Å²) in [4.78, 5) is 24.1. The van der Waals surface area contributed by atoms with Crippen molar-refractivity contribution in [1.29, 1.82) is 0 Å². The number of hydrogen-bond acceptors (Lipinski definition) is 5. The number of thioether (sulfide) groups is 1. The zero-order valence-electron chi connectivity index (χ0n) is 14.4. The van der Waals surface area contributed by atoms with E-state index in [-0.39, 0.29) is 6.61 Å². The number of rotatable bonds is 3. The molecule has 1 fully saturated rings. The zero-order chi connectivity index (χ0) is 18.2. The van der Waals surface area contributed by atoms with Gasteiger partial charge in [0.15, 0.2) is 5.37 Å². The van der Waals surface area contributed by atoms with E-state index in [9.17, 15) is 9.59 Å². The van der Waals surface area contributed by atoms with E-state index in [0.29, 0.717) is 12.3 Å². The molecule has 1 aliphatic rings. The van der Waals surface area contributed by atoms with Crippen molar-refractivity contribution in [2.24, 2.45) is 5.73 Å². The minimum Gasteiger partial charge on any atom is -0.444 e. The summed E-state index contributed by atoms with van der Waals surface area (Å²) in [5.41, 5.74) is 5.83. The third kappa shape index (κ3) is 7.23. The second kappa shape index (κ2) is 9.54. The lowest BCUT2D eigenvalue weighted by molar-refractivity contribution is -0.120. The van der Waals surface area contributed by atoms with E-state index in [4.69, 9.17) is 15.6 Å². The standard InChI is InChI=1S/C9H16N2O3S.C8H10O/c1-9(2,3)14-8(13)11-4-5-15-7(11)6(10)12;9-7-6-8-4-2-1-3-5-8/h7H,4-5H2,1-3H3,(H2,10,12);1-5,9H,6-7H2. The van der Waals surface area contributed by atoms with Gasteiger partial charge in [-0.2, -0.15) is 0 Å². The Balaban J connectivity index is 0.000000272. The Morgan fingerprint density at radius 2 is 1.96 bits per heavy atom. The van der Waals surface area contributed by atoms with Crippen LogP contribution in [0.5, 0.6) is 0 Å². The van der Waals surface area contributed by atoms with Crippen LogP contribution in [0.1, 0.15) is 26.3 Å². The lowest BCUT2D eigenvalue weighted by Crippen LogP contribution is -2.44.